The van der Waals surface area contributed by atoms with E-state index in [9.17, 15) is 4.79 Å². The van der Waals surface area contributed by atoms with Gasteiger partial charge in [-0.05, 0) is 18.6 Å². The van der Waals surface area contributed by atoms with Gasteiger partial charge in [-0.1, -0.05) is 11.3 Å². The molecule has 0 radical (unpaired) electrons. The van der Waals surface area contributed by atoms with Crippen LogP contribution in [0.4, 0.5) is 10.6 Å². The number of aromatic nitrogens is 5. The van der Waals surface area contributed by atoms with Crippen molar-refractivity contribution < 1.29 is 4.79 Å². The number of pyridine rings is 1. The molecule has 0 bridgehead atoms. The Bertz CT molecular complexity index is 595. The van der Waals surface area contributed by atoms with E-state index in [2.05, 4.69) is 35.8 Å². The molecule has 2 aromatic heterocycles. The third kappa shape index (κ3) is 4.15. The molecule has 0 aromatic carbocycles. The molecule has 1 fully saturated rings. The Morgan fingerprint density at radius 2 is 2.13 bits per heavy atom. The molecule has 1 aliphatic rings. The molecular weight excluding hydrogens is 296 g/mol. The first-order chi connectivity index (χ1) is 11.3. The molecule has 3 heterocycles. The second-order valence-corrected chi connectivity index (χ2v) is 5.33. The first-order valence-corrected chi connectivity index (χ1v) is 7.74. The summed E-state index contributed by atoms with van der Waals surface area (Å²) in [5.41, 5.74) is 0. The van der Waals surface area contributed by atoms with Crippen molar-refractivity contribution in [2.24, 2.45) is 0 Å². The number of piperazine rings is 1. The number of amides is 2. The number of hydrogen-bond donors (Lipinski definition) is 2. The second-order valence-electron chi connectivity index (χ2n) is 5.33. The minimum absolute atomic E-state index is 0.0150. The number of H-pyrrole nitrogens is 1. The number of nitrogens with zero attached hydrogens (tertiary/aromatic N) is 6. The molecule has 23 heavy (non-hydrogen) atoms. The molecule has 0 aliphatic carbocycles. The largest absolute Gasteiger partial charge is 0.353 e. The first-order valence-electron chi connectivity index (χ1n) is 7.74. The number of carbonyl (C=O) groups excluding carboxylic acids is 1. The van der Waals surface area contributed by atoms with Gasteiger partial charge in [-0.2, -0.15) is 5.21 Å². The van der Waals surface area contributed by atoms with Crippen LogP contribution in [0.15, 0.2) is 24.4 Å². The van der Waals surface area contributed by atoms with Gasteiger partial charge in [0.1, 0.15) is 5.82 Å². The lowest BCUT2D eigenvalue weighted by molar-refractivity contribution is 0.194. The summed E-state index contributed by atoms with van der Waals surface area (Å²) >= 11 is 0. The van der Waals surface area contributed by atoms with Gasteiger partial charge in [-0.15, -0.1) is 10.2 Å². The zero-order valence-corrected chi connectivity index (χ0v) is 12.9. The van der Waals surface area contributed by atoms with Crippen molar-refractivity contribution in [3.05, 3.63) is 30.2 Å². The fourth-order valence-electron chi connectivity index (χ4n) is 2.52. The van der Waals surface area contributed by atoms with Crippen molar-refractivity contribution in [1.29, 1.82) is 0 Å². The van der Waals surface area contributed by atoms with Gasteiger partial charge in [0.15, 0.2) is 5.82 Å². The predicted molar refractivity (Wildman–Crippen MR) is 83.9 cm³/mol. The van der Waals surface area contributed by atoms with Crippen LogP contribution in [0, 0.1) is 0 Å². The van der Waals surface area contributed by atoms with Crippen LogP contribution in [0.25, 0.3) is 0 Å². The second kappa shape index (κ2) is 7.52. The van der Waals surface area contributed by atoms with E-state index < -0.39 is 0 Å². The highest BCUT2D eigenvalue weighted by Gasteiger charge is 2.21. The quantitative estimate of drug-likeness (QED) is 0.756. The fourth-order valence-corrected chi connectivity index (χ4v) is 2.52. The van der Waals surface area contributed by atoms with Crippen molar-refractivity contribution in [3.8, 4) is 0 Å². The van der Waals surface area contributed by atoms with Gasteiger partial charge in [-0.25, -0.2) is 9.78 Å². The molecule has 0 atom stereocenters. The molecule has 2 N–H and O–H groups in total. The summed E-state index contributed by atoms with van der Waals surface area (Å²) < 4.78 is 0. The number of urea groups is 1. The van der Waals surface area contributed by atoms with Crippen LogP contribution in [0.2, 0.25) is 0 Å². The molecule has 0 unspecified atom stereocenters. The Morgan fingerprint density at radius 3 is 2.83 bits per heavy atom. The first kappa shape index (κ1) is 15.2. The molecule has 1 aliphatic heterocycles. The lowest BCUT2D eigenvalue weighted by Crippen LogP contribution is -2.52. The van der Waals surface area contributed by atoms with Crippen LogP contribution in [-0.4, -0.2) is 69.3 Å². The summed E-state index contributed by atoms with van der Waals surface area (Å²) in [5, 5.41) is 16.6. The average molecular weight is 316 g/mol. The monoisotopic (exact) mass is 316 g/mol. The summed E-state index contributed by atoms with van der Waals surface area (Å²) in [6.45, 7) is 3.61. The zero-order valence-electron chi connectivity index (χ0n) is 12.9. The van der Waals surface area contributed by atoms with Crippen molar-refractivity contribution in [2.45, 2.75) is 12.8 Å². The fraction of sp³-hybridized carbons (Fsp3) is 0.500. The van der Waals surface area contributed by atoms with Crippen molar-refractivity contribution in [2.75, 3.05) is 37.6 Å². The number of aromatic amines is 1. The van der Waals surface area contributed by atoms with E-state index in [0.29, 0.717) is 31.9 Å². The number of tetrazole rings is 1. The lowest BCUT2D eigenvalue weighted by atomic mass is 10.3. The Kier molecular flexibility index (Phi) is 4.97. The van der Waals surface area contributed by atoms with E-state index in [1.54, 1.807) is 6.20 Å². The Hall–Kier alpha value is -2.71. The summed E-state index contributed by atoms with van der Waals surface area (Å²) in [4.78, 5) is 20.5. The van der Waals surface area contributed by atoms with E-state index in [-0.39, 0.29) is 6.03 Å². The molecular formula is C14H20N8O. The number of anilines is 1. The van der Waals surface area contributed by atoms with Crippen molar-refractivity contribution in [1.82, 2.24) is 35.8 Å². The van der Waals surface area contributed by atoms with Crippen molar-refractivity contribution >= 4 is 11.8 Å². The van der Waals surface area contributed by atoms with Crippen LogP contribution >= 0.6 is 0 Å². The Balaban J connectivity index is 1.36. The molecule has 0 spiro atoms. The molecule has 2 amide bonds. The summed E-state index contributed by atoms with van der Waals surface area (Å²) in [6, 6.07) is 5.86. The van der Waals surface area contributed by atoms with E-state index >= 15 is 0 Å². The number of nitrogens with one attached hydrogen (secondary N) is 2. The standard InChI is InChI=1S/C14H20N8O/c23-14(16-7-3-4-12-17-19-20-18-12)22-10-8-21(9-11-22)13-5-1-2-6-15-13/h1-2,5-6H,3-4,7-11H2,(H,16,23)(H,17,18,19,20). The van der Waals surface area contributed by atoms with Crippen LogP contribution in [0.5, 0.6) is 0 Å². The van der Waals surface area contributed by atoms with Gasteiger partial charge in [0, 0.05) is 45.3 Å². The van der Waals surface area contributed by atoms with E-state index in [4.69, 9.17) is 0 Å². The highest BCUT2D eigenvalue weighted by Crippen LogP contribution is 2.12. The van der Waals surface area contributed by atoms with Crippen LogP contribution < -0.4 is 10.2 Å². The van der Waals surface area contributed by atoms with Crippen LogP contribution in [0.3, 0.4) is 0 Å². The summed E-state index contributed by atoms with van der Waals surface area (Å²) in [6.07, 6.45) is 3.28. The van der Waals surface area contributed by atoms with Gasteiger partial charge in [0.2, 0.25) is 0 Å². The molecule has 9 nitrogen and oxygen atoms in total. The number of aryl methyl sites for hydroxylation is 1. The van der Waals surface area contributed by atoms with E-state index in [1.165, 1.54) is 0 Å². The maximum Gasteiger partial charge on any atom is 0.317 e. The molecule has 1 saturated heterocycles. The zero-order chi connectivity index (χ0) is 15.9. The maximum atomic E-state index is 12.1. The smallest absolute Gasteiger partial charge is 0.317 e. The number of carbonyl (C=O) groups is 1. The molecule has 0 saturated carbocycles. The highest BCUT2D eigenvalue weighted by atomic mass is 16.2. The average Bonchev–Trinajstić information content (AvgIpc) is 3.13. The van der Waals surface area contributed by atoms with Crippen LogP contribution in [-0.2, 0) is 6.42 Å². The highest BCUT2D eigenvalue weighted by molar-refractivity contribution is 5.74. The van der Waals surface area contributed by atoms with Gasteiger partial charge >= 0.3 is 6.03 Å². The summed E-state index contributed by atoms with van der Waals surface area (Å²) in [5.74, 6) is 1.64. The van der Waals surface area contributed by atoms with Gasteiger partial charge in [0.05, 0.1) is 0 Å². The topological polar surface area (TPSA) is 103 Å². The lowest BCUT2D eigenvalue weighted by Gasteiger charge is -2.35. The van der Waals surface area contributed by atoms with Crippen LogP contribution in [0.1, 0.15) is 12.2 Å². The predicted octanol–water partition coefficient (Wildman–Crippen LogP) is 0.0591. The number of hydrogen-bond acceptors (Lipinski definition) is 6. The van der Waals surface area contributed by atoms with E-state index in [1.807, 2.05) is 23.1 Å². The minimum atomic E-state index is -0.0150. The van der Waals surface area contributed by atoms with Gasteiger partial charge in [-0.3, -0.25) is 0 Å². The third-order valence-electron chi connectivity index (χ3n) is 3.78. The SMILES string of the molecule is O=C(NCCCc1nn[nH]n1)N1CCN(c2ccccn2)CC1. The molecule has 9 heteroatoms. The molecule has 122 valence electrons. The Morgan fingerprint density at radius 1 is 1.26 bits per heavy atom. The van der Waals surface area contributed by atoms with Gasteiger partial charge < -0.3 is 15.1 Å². The summed E-state index contributed by atoms with van der Waals surface area (Å²) in [7, 11) is 0. The normalized spacial score (nSPS) is 14.8. The van der Waals surface area contributed by atoms with Crippen molar-refractivity contribution in [3.63, 3.8) is 0 Å². The molecule has 2 aromatic rings. The van der Waals surface area contributed by atoms with Gasteiger partial charge in [0.25, 0.3) is 0 Å². The minimum Gasteiger partial charge on any atom is -0.353 e. The molecule has 3 rings (SSSR count). The third-order valence-corrected chi connectivity index (χ3v) is 3.78. The number of rotatable bonds is 5. The Labute approximate surface area is 134 Å². The maximum absolute atomic E-state index is 12.1. The van der Waals surface area contributed by atoms with E-state index in [0.717, 1.165) is 25.3 Å².